The third kappa shape index (κ3) is 40.9. The van der Waals surface area contributed by atoms with Crippen molar-refractivity contribution in [1.29, 1.82) is 0 Å². The minimum Gasteiger partial charge on any atom is -0.394 e. The predicted octanol–water partition coefficient (Wildman–Crippen LogP) is 15.1. The summed E-state index contributed by atoms with van der Waals surface area (Å²) in [6.07, 6.45) is 63.3. The summed E-state index contributed by atoms with van der Waals surface area (Å²) in [4.78, 5) is 13.0. The average Bonchev–Trinajstić information content (AvgIpc) is 3.37. The molecule has 1 fully saturated rings. The van der Waals surface area contributed by atoms with Gasteiger partial charge in [0.1, 0.15) is 24.4 Å². The number of ether oxygens (including phenoxy) is 2. The summed E-state index contributed by atoms with van der Waals surface area (Å²) in [5.41, 5.74) is 0. The number of allylic oxidation sites excluding steroid dienone is 9. The lowest BCUT2D eigenvalue weighted by Crippen LogP contribution is -2.60. The number of aliphatic hydroxyl groups is 5. The van der Waals surface area contributed by atoms with Crippen molar-refractivity contribution in [2.24, 2.45) is 0 Å². The first-order valence-electron chi connectivity index (χ1n) is 30.0. The first kappa shape index (κ1) is 66.9. The molecule has 1 aliphatic rings. The molecule has 71 heavy (non-hydrogen) atoms. The van der Waals surface area contributed by atoms with E-state index >= 15 is 0 Å². The van der Waals surface area contributed by atoms with Crippen molar-refractivity contribution in [2.75, 3.05) is 13.2 Å². The zero-order valence-electron chi connectivity index (χ0n) is 46.0. The van der Waals surface area contributed by atoms with Gasteiger partial charge < -0.3 is 40.3 Å². The van der Waals surface area contributed by atoms with Gasteiger partial charge in [0.25, 0.3) is 0 Å². The van der Waals surface area contributed by atoms with E-state index in [4.69, 9.17) is 9.47 Å². The van der Waals surface area contributed by atoms with Gasteiger partial charge in [-0.25, -0.2) is 0 Å². The number of unbranched alkanes of at least 4 members (excludes halogenated alkanes) is 33. The van der Waals surface area contributed by atoms with Crippen LogP contribution in [-0.2, 0) is 14.3 Å². The molecule has 1 amide bonds. The molecule has 0 aromatic rings. The van der Waals surface area contributed by atoms with E-state index in [0.29, 0.717) is 6.42 Å². The van der Waals surface area contributed by atoms with Crippen LogP contribution in [0.25, 0.3) is 0 Å². The van der Waals surface area contributed by atoms with Crippen LogP contribution in [-0.4, -0.2) is 87.5 Å². The minimum absolute atomic E-state index is 0.186. The van der Waals surface area contributed by atoms with Crippen LogP contribution in [0.15, 0.2) is 60.8 Å². The van der Waals surface area contributed by atoms with Gasteiger partial charge in [0.2, 0.25) is 5.91 Å². The van der Waals surface area contributed by atoms with Crippen LogP contribution in [0.2, 0.25) is 0 Å². The molecule has 0 aliphatic carbocycles. The first-order valence-corrected chi connectivity index (χ1v) is 30.0. The van der Waals surface area contributed by atoms with Gasteiger partial charge in [0, 0.05) is 6.42 Å². The van der Waals surface area contributed by atoms with Crippen molar-refractivity contribution in [3.8, 4) is 0 Å². The van der Waals surface area contributed by atoms with Crippen LogP contribution in [0.1, 0.15) is 271 Å². The summed E-state index contributed by atoms with van der Waals surface area (Å²) in [6, 6.07) is -0.820. The van der Waals surface area contributed by atoms with E-state index in [1.165, 1.54) is 199 Å². The molecule has 0 radical (unpaired) electrons. The lowest BCUT2D eigenvalue weighted by Gasteiger charge is -2.40. The van der Waals surface area contributed by atoms with E-state index in [2.05, 4.69) is 67.8 Å². The van der Waals surface area contributed by atoms with Crippen LogP contribution in [0, 0.1) is 0 Å². The van der Waals surface area contributed by atoms with Crippen molar-refractivity contribution in [3.63, 3.8) is 0 Å². The normalized spacial score (nSPS) is 19.7. The molecule has 414 valence electrons. The van der Waals surface area contributed by atoms with Crippen molar-refractivity contribution in [1.82, 2.24) is 5.32 Å². The van der Waals surface area contributed by atoms with Gasteiger partial charge in [-0.05, 0) is 70.6 Å². The van der Waals surface area contributed by atoms with E-state index in [9.17, 15) is 30.3 Å². The van der Waals surface area contributed by atoms with Gasteiger partial charge >= 0.3 is 0 Å². The van der Waals surface area contributed by atoms with E-state index in [-0.39, 0.29) is 12.5 Å². The second-order valence-electron chi connectivity index (χ2n) is 20.8. The van der Waals surface area contributed by atoms with Crippen molar-refractivity contribution in [3.05, 3.63) is 60.8 Å². The summed E-state index contributed by atoms with van der Waals surface area (Å²) >= 11 is 0. The summed E-state index contributed by atoms with van der Waals surface area (Å²) in [5, 5.41) is 54.3. The molecule has 9 nitrogen and oxygen atoms in total. The molecule has 0 spiro atoms. The summed E-state index contributed by atoms with van der Waals surface area (Å²) in [7, 11) is 0. The maximum absolute atomic E-state index is 13.0. The molecule has 0 aromatic heterocycles. The van der Waals surface area contributed by atoms with Crippen LogP contribution >= 0.6 is 0 Å². The fourth-order valence-electron chi connectivity index (χ4n) is 9.30. The number of hydrogen-bond donors (Lipinski definition) is 6. The zero-order valence-corrected chi connectivity index (χ0v) is 46.0. The minimum atomic E-state index is -1.57. The van der Waals surface area contributed by atoms with Gasteiger partial charge in [-0.15, -0.1) is 0 Å². The molecule has 1 rings (SSSR count). The average molecular weight is 1000 g/mol. The topological polar surface area (TPSA) is 149 Å². The third-order valence-corrected chi connectivity index (χ3v) is 14.1. The maximum atomic E-state index is 13.0. The van der Waals surface area contributed by atoms with Gasteiger partial charge in [-0.2, -0.15) is 0 Å². The predicted molar refractivity (Wildman–Crippen MR) is 299 cm³/mol. The molecule has 1 aliphatic heterocycles. The Morgan fingerprint density at radius 1 is 0.479 bits per heavy atom. The largest absolute Gasteiger partial charge is 0.394 e. The van der Waals surface area contributed by atoms with Crippen molar-refractivity contribution in [2.45, 2.75) is 314 Å². The third-order valence-electron chi connectivity index (χ3n) is 14.1. The first-order chi connectivity index (χ1) is 34.8. The van der Waals surface area contributed by atoms with Crippen molar-refractivity contribution >= 4 is 5.91 Å². The van der Waals surface area contributed by atoms with Crippen LogP contribution in [0.3, 0.4) is 0 Å². The number of nitrogens with one attached hydrogen (secondary N) is 1. The zero-order chi connectivity index (χ0) is 51.5. The Morgan fingerprint density at radius 3 is 1.28 bits per heavy atom. The number of carbonyl (C=O) groups excluding carboxylic acids is 1. The summed E-state index contributed by atoms with van der Waals surface area (Å²) in [6.45, 7) is 3.73. The van der Waals surface area contributed by atoms with Gasteiger partial charge in [-0.1, -0.05) is 254 Å². The lowest BCUT2D eigenvalue weighted by molar-refractivity contribution is -0.302. The van der Waals surface area contributed by atoms with E-state index in [0.717, 1.165) is 51.4 Å². The molecular formula is C62H113NO8. The highest BCUT2D eigenvalue weighted by atomic mass is 16.7. The van der Waals surface area contributed by atoms with E-state index in [1.807, 2.05) is 6.08 Å². The van der Waals surface area contributed by atoms with Crippen LogP contribution in [0.5, 0.6) is 0 Å². The SMILES string of the molecule is CCCCCCC/C=C\C/C=C\C/C=C\CCCCCCCCCCCCCCCCCCCCCCCCC(=O)NC(COC1OC(CO)C(O)C(O)C1O)C(O)/C=C/CC/C=C/CCCCCCC. The molecule has 1 heterocycles. The van der Waals surface area contributed by atoms with E-state index < -0.39 is 49.5 Å². The Labute approximate surface area is 436 Å². The smallest absolute Gasteiger partial charge is 0.220 e. The fraction of sp³-hybridized carbons (Fsp3) is 0.823. The second kappa shape index (κ2) is 51.4. The highest BCUT2D eigenvalue weighted by Crippen LogP contribution is 2.23. The molecule has 9 heteroatoms. The molecular weight excluding hydrogens is 887 g/mol. The Bertz CT molecular complexity index is 1300. The second-order valence-corrected chi connectivity index (χ2v) is 20.8. The number of carbonyl (C=O) groups is 1. The molecule has 0 saturated carbocycles. The number of hydrogen-bond acceptors (Lipinski definition) is 8. The van der Waals surface area contributed by atoms with Gasteiger partial charge in [0.15, 0.2) is 6.29 Å². The van der Waals surface area contributed by atoms with E-state index in [1.54, 1.807) is 6.08 Å². The Kier molecular flexibility index (Phi) is 48.4. The van der Waals surface area contributed by atoms with Gasteiger partial charge in [-0.3, -0.25) is 4.79 Å². The monoisotopic (exact) mass is 1000 g/mol. The summed E-state index contributed by atoms with van der Waals surface area (Å²) < 4.78 is 11.2. The highest BCUT2D eigenvalue weighted by molar-refractivity contribution is 5.76. The molecule has 1 saturated heterocycles. The van der Waals surface area contributed by atoms with Crippen molar-refractivity contribution < 1.29 is 39.8 Å². The van der Waals surface area contributed by atoms with Crippen LogP contribution < -0.4 is 5.32 Å². The van der Waals surface area contributed by atoms with Crippen LogP contribution in [0.4, 0.5) is 0 Å². The van der Waals surface area contributed by atoms with Gasteiger partial charge in [0.05, 0.1) is 25.4 Å². The Hall–Kier alpha value is -2.11. The standard InChI is InChI=1S/C62H113NO8/c1-3-5-7-9-11-13-15-16-17-18-19-20-21-22-23-24-25-26-27-28-29-30-31-32-33-34-35-36-37-38-39-40-42-44-46-48-50-52-58(66)63-55(54-70-62-61(69)60(68)59(67)57(53-64)71-62)56(65)51-49-47-45-43-41-14-12-10-8-6-4-2/h15-16,18-19,21-22,41,43,49,51,55-57,59-62,64-65,67-69H,3-14,17,20,23-40,42,44-48,50,52-54H2,1-2H3,(H,63,66)/b16-15-,19-18-,22-21-,43-41+,51-49+. The molecule has 0 bridgehead atoms. The molecule has 7 atom stereocenters. The highest BCUT2D eigenvalue weighted by Gasteiger charge is 2.44. The molecule has 6 N–H and O–H groups in total. The number of amides is 1. The number of aliphatic hydroxyl groups excluding tert-OH is 5. The Morgan fingerprint density at radius 2 is 0.845 bits per heavy atom. The quantitative estimate of drug-likeness (QED) is 0.0261. The molecule has 7 unspecified atom stereocenters. The molecule has 0 aromatic carbocycles. The lowest BCUT2D eigenvalue weighted by atomic mass is 9.99. The fourth-order valence-corrected chi connectivity index (χ4v) is 9.30. The maximum Gasteiger partial charge on any atom is 0.220 e. The number of rotatable bonds is 51. The summed E-state index contributed by atoms with van der Waals surface area (Å²) in [5.74, 6) is -0.186. The Balaban J connectivity index is 2.05.